The summed E-state index contributed by atoms with van der Waals surface area (Å²) in [7, 11) is 0. The van der Waals surface area contributed by atoms with Crippen LogP contribution in [-0.2, 0) is 4.79 Å². The minimum absolute atomic E-state index is 0.0677. The number of aromatic nitrogens is 1. The number of carbonyl (C=O) groups excluding carboxylic acids is 1. The van der Waals surface area contributed by atoms with Gasteiger partial charge < -0.3 is 11.1 Å². The van der Waals surface area contributed by atoms with Gasteiger partial charge in [-0.25, -0.2) is 4.98 Å². The molecule has 1 heterocycles. The molecule has 0 spiro atoms. The van der Waals surface area contributed by atoms with Crippen molar-refractivity contribution < 1.29 is 4.79 Å². The molecule has 1 rings (SSSR count). The lowest BCUT2D eigenvalue weighted by Crippen LogP contribution is -2.34. The summed E-state index contributed by atoms with van der Waals surface area (Å²) in [5.74, 6) is 1.65. The predicted molar refractivity (Wildman–Crippen MR) is 81.1 cm³/mol. The summed E-state index contributed by atoms with van der Waals surface area (Å²) in [5.41, 5.74) is 5.51. The number of amides is 1. The molecule has 5 heteroatoms. The number of hydrogen-bond donors (Lipinski definition) is 2. The van der Waals surface area contributed by atoms with E-state index in [1.165, 1.54) is 11.8 Å². The Morgan fingerprint density at radius 1 is 1.37 bits per heavy atom. The molecule has 1 aromatic rings. The average Bonchev–Trinajstić information content (AvgIpc) is 2.36. The van der Waals surface area contributed by atoms with Crippen molar-refractivity contribution >= 4 is 23.5 Å². The first-order valence-corrected chi connectivity index (χ1v) is 7.59. The van der Waals surface area contributed by atoms with Gasteiger partial charge in [0.05, 0.1) is 5.75 Å². The van der Waals surface area contributed by atoms with E-state index in [1.54, 1.807) is 12.3 Å². The Morgan fingerprint density at radius 3 is 2.68 bits per heavy atom. The van der Waals surface area contributed by atoms with E-state index in [0.29, 0.717) is 17.5 Å². The molecule has 0 fully saturated rings. The largest absolute Gasteiger partial charge is 0.384 e. The highest BCUT2D eigenvalue weighted by atomic mass is 32.2. The number of rotatable bonds is 7. The summed E-state index contributed by atoms with van der Waals surface area (Å²) in [5, 5.41) is 3.01. The molecule has 0 radical (unpaired) electrons. The maximum absolute atomic E-state index is 11.8. The van der Waals surface area contributed by atoms with Gasteiger partial charge in [0.15, 0.2) is 0 Å². The van der Waals surface area contributed by atoms with E-state index in [2.05, 4.69) is 31.1 Å². The number of hydrogen-bond acceptors (Lipinski definition) is 4. The highest BCUT2D eigenvalue weighted by Gasteiger charge is 2.08. The van der Waals surface area contributed by atoms with Crippen molar-refractivity contribution in [3.8, 4) is 0 Å². The quantitative estimate of drug-likeness (QED) is 0.754. The Kier molecular flexibility index (Phi) is 6.70. The lowest BCUT2D eigenvalue weighted by molar-refractivity contribution is -0.119. The van der Waals surface area contributed by atoms with Crippen LogP contribution in [0.1, 0.15) is 33.6 Å². The molecule has 4 nitrogen and oxygen atoms in total. The minimum atomic E-state index is 0.0677. The van der Waals surface area contributed by atoms with Gasteiger partial charge in [-0.1, -0.05) is 13.8 Å². The van der Waals surface area contributed by atoms with Gasteiger partial charge in [0, 0.05) is 17.1 Å². The van der Waals surface area contributed by atoms with Crippen LogP contribution in [0, 0.1) is 5.92 Å². The lowest BCUT2D eigenvalue weighted by atomic mass is 10.0. The van der Waals surface area contributed by atoms with Crippen LogP contribution in [-0.4, -0.2) is 22.7 Å². The first-order chi connectivity index (χ1) is 8.97. The molecule has 1 aromatic heterocycles. The van der Waals surface area contributed by atoms with E-state index >= 15 is 0 Å². The fourth-order valence-electron chi connectivity index (χ4n) is 1.60. The van der Waals surface area contributed by atoms with Crippen LogP contribution in [0.3, 0.4) is 0 Å². The Hall–Kier alpha value is -1.23. The summed E-state index contributed by atoms with van der Waals surface area (Å²) >= 11 is 1.47. The fourth-order valence-corrected chi connectivity index (χ4v) is 2.27. The fraction of sp³-hybridized carbons (Fsp3) is 0.571. The molecule has 0 aliphatic carbocycles. The zero-order valence-corrected chi connectivity index (χ0v) is 12.7. The van der Waals surface area contributed by atoms with E-state index in [0.717, 1.165) is 17.7 Å². The van der Waals surface area contributed by atoms with Crippen LogP contribution >= 0.6 is 11.8 Å². The maximum atomic E-state index is 11.8. The summed E-state index contributed by atoms with van der Waals surface area (Å²) in [6.07, 6.45) is 3.85. The molecule has 106 valence electrons. The molecule has 0 aliphatic heterocycles. The predicted octanol–water partition coefficient (Wildman–Crippen LogP) is 2.70. The first kappa shape index (κ1) is 15.8. The van der Waals surface area contributed by atoms with Crippen LogP contribution < -0.4 is 11.1 Å². The highest BCUT2D eigenvalue weighted by Crippen LogP contribution is 2.17. The molecular weight excluding hydrogens is 258 g/mol. The number of anilines is 1. The third-order valence-corrected chi connectivity index (χ3v) is 3.69. The maximum Gasteiger partial charge on any atom is 0.230 e. The summed E-state index contributed by atoms with van der Waals surface area (Å²) < 4.78 is 0. The molecule has 3 N–H and O–H groups in total. The zero-order valence-electron chi connectivity index (χ0n) is 11.8. The van der Waals surface area contributed by atoms with Crippen LogP contribution in [0.25, 0.3) is 0 Å². The molecule has 0 bridgehead atoms. The van der Waals surface area contributed by atoms with E-state index in [4.69, 9.17) is 5.73 Å². The standard InChI is InChI=1S/C14H23N3OS/c1-10(2)4-5-11(3)17-14(18)9-19-12-6-7-13(15)16-8-12/h6-8,10-11H,4-5,9H2,1-3H3,(H2,15,16)(H,17,18). The Balaban J connectivity index is 2.25. The lowest BCUT2D eigenvalue weighted by Gasteiger charge is -2.14. The molecule has 0 saturated carbocycles. The second-order valence-electron chi connectivity index (χ2n) is 5.15. The van der Waals surface area contributed by atoms with E-state index in [1.807, 2.05) is 6.07 Å². The molecular formula is C14H23N3OS. The normalized spacial score (nSPS) is 12.4. The van der Waals surface area contributed by atoms with Crippen LogP contribution in [0.2, 0.25) is 0 Å². The Labute approximate surface area is 119 Å². The molecule has 0 aromatic carbocycles. The van der Waals surface area contributed by atoms with Gasteiger partial charge in [-0.2, -0.15) is 0 Å². The van der Waals surface area contributed by atoms with Crippen molar-refractivity contribution in [1.29, 1.82) is 0 Å². The summed E-state index contributed by atoms with van der Waals surface area (Å²) in [4.78, 5) is 16.7. The highest BCUT2D eigenvalue weighted by molar-refractivity contribution is 8.00. The number of pyridine rings is 1. The van der Waals surface area contributed by atoms with Crippen molar-refractivity contribution in [2.75, 3.05) is 11.5 Å². The smallest absolute Gasteiger partial charge is 0.230 e. The third-order valence-electron chi connectivity index (χ3n) is 2.71. The van der Waals surface area contributed by atoms with Crippen LogP contribution in [0.5, 0.6) is 0 Å². The number of carbonyl (C=O) groups is 1. The summed E-state index contributed by atoms with van der Waals surface area (Å²) in [6.45, 7) is 6.44. The van der Waals surface area contributed by atoms with E-state index in [-0.39, 0.29) is 11.9 Å². The second-order valence-corrected chi connectivity index (χ2v) is 6.20. The van der Waals surface area contributed by atoms with E-state index in [9.17, 15) is 4.79 Å². The minimum Gasteiger partial charge on any atom is -0.384 e. The van der Waals surface area contributed by atoms with Crippen LogP contribution in [0.15, 0.2) is 23.2 Å². The number of thioether (sulfide) groups is 1. The third kappa shape index (κ3) is 7.06. The topological polar surface area (TPSA) is 68.0 Å². The van der Waals surface area contributed by atoms with Crippen molar-refractivity contribution in [2.24, 2.45) is 5.92 Å². The SMILES string of the molecule is CC(C)CCC(C)NC(=O)CSc1ccc(N)nc1. The van der Waals surface area contributed by atoms with Gasteiger partial charge >= 0.3 is 0 Å². The van der Waals surface area contributed by atoms with Gasteiger partial charge in [0.25, 0.3) is 0 Å². The van der Waals surface area contributed by atoms with Crippen molar-refractivity contribution in [1.82, 2.24) is 10.3 Å². The number of nitrogen functional groups attached to an aromatic ring is 1. The first-order valence-electron chi connectivity index (χ1n) is 6.61. The molecule has 1 amide bonds. The van der Waals surface area contributed by atoms with Gasteiger partial charge in [0.2, 0.25) is 5.91 Å². The van der Waals surface area contributed by atoms with E-state index < -0.39 is 0 Å². The monoisotopic (exact) mass is 281 g/mol. The van der Waals surface area contributed by atoms with Gasteiger partial charge in [0.1, 0.15) is 5.82 Å². The van der Waals surface area contributed by atoms with Gasteiger partial charge in [-0.05, 0) is 37.8 Å². The van der Waals surface area contributed by atoms with Gasteiger partial charge in [-0.15, -0.1) is 11.8 Å². The number of nitrogens with one attached hydrogen (secondary N) is 1. The van der Waals surface area contributed by atoms with Crippen molar-refractivity contribution in [3.05, 3.63) is 18.3 Å². The molecule has 19 heavy (non-hydrogen) atoms. The van der Waals surface area contributed by atoms with Crippen molar-refractivity contribution in [2.45, 2.75) is 44.6 Å². The van der Waals surface area contributed by atoms with Crippen LogP contribution in [0.4, 0.5) is 5.82 Å². The number of nitrogens with two attached hydrogens (primary N) is 1. The Bertz CT molecular complexity index is 392. The molecule has 0 aliphatic rings. The summed E-state index contributed by atoms with van der Waals surface area (Å²) in [6, 6.07) is 3.86. The zero-order chi connectivity index (χ0) is 14.3. The molecule has 1 atom stereocenters. The number of nitrogens with zero attached hydrogens (tertiary/aromatic N) is 1. The van der Waals surface area contributed by atoms with Gasteiger partial charge in [-0.3, -0.25) is 4.79 Å². The van der Waals surface area contributed by atoms with Crippen molar-refractivity contribution in [3.63, 3.8) is 0 Å². The molecule has 1 unspecified atom stereocenters. The second kappa shape index (κ2) is 8.04. The molecule has 0 saturated heterocycles. The average molecular weight is 281 g/mol. The Morgan fingerprint density at radius 2 is 2.11 bits per heavy atom.